The molecule has 0 bridgehead atoms. The van der Waals surface area contributed by atoms with Crippen molar-refractivity contribution in [3.8, 4) is 5.95 Å². The maximum absolute atomic E-state index is 13.0. The number of ether oxygens (including phenoxy) is 2. The van der Waals surface area contributed by atoms with E-state index < -0.39 is 0 Å². The standard InChI is InChI=1S/C20H26N6O3/c1-13-11-26(12-22-13)20-24-16-7-8-21-17(16)18(25-20)19(27)23-14-3-5-15(6-4-14)29-10-9-28-2/h7-8,11-12,14-15,21H,3-6,9-10H2,1-2H3,(H,23,27). The molecule has 0 atom stereocenters. The Morgan fingerprint density at radius 1 is 1.28 bits per heavy atom. The molecule has 1 aliphatic rings. The van der Waals surface area contributed by atoms with Crippen molar-refractivity contribution in [3.05, 3.63) is 36.2 Å². The number of methoxy groups -OCH3 is 1. The predicted octanol–water partition coefficient (Wildman–Crippen LogP) is 2.16. The Morgan fingerprint density at radius 3 is 2.83 bits per heavy atom. The molecule has 1 amide bonds. The molecule has 0 aromatic carbocycles. The molecule has 3 heterocycles. The van der Waals surface area contributed by atoms with E-state index >= 15 is 0 Å². The molecule has 4 rings (SSSR count). The highest BCUT2D eigenvalue weighted by molar-refractivity contribution is 6.03. The van der Waals surface area contributed by atoms with Gasteiger partial charge in [-0.05, 0) is 38.7 Å². The summed E-state index contributed by atoms with van der Waals surface area (Å²) in [5.41, 5.74) is 2.54. The van der Waals surface area contributed by atoms with E-state index in [9.17, 15) is 4.79 Å². The first-order chi connectivity index (χ1) is 14.1. The number of carbonyl (C=O) groups excluding carboxylic acids is 1. The monoisotopic (exact) mass is 398 g/mol. The van der Waals surface area contributed by atoms with Crippen LogP contribution in [0.2, 0.25) is 0 Å². The van der Waals surface area contributed by atoms with Crippen LogP contribution in [0.25, 0.3) is 17.0 Å². The molecule has 3 aromatic heterocycles. The zero-order valence-corrected chi connectivity index (χ0v) is 16.7. The molecule has 1 saturated carbocycles. The van der Waals surface area contributed by atoms with Crippen LogP contribution in [0, 0.1) is 6.92 Å². The highest BCUT2D eigenvalue weighted by Gasteiger charge is 2.25. The van der Waals surface area contributed by atoms with Crippen molar-refractivity contribution in [3.63, 3.8) is 0 Å². The van der Waals surface area contributed by atoms with E-state index in [1.54, 1.807) is 24.2 Å². The maximum Gasteiger partial charge on any atom is 0.272 e. The number of aryl methyl sites for hydroxylation is 1. The van der Waals surface area contributed by atoms with Crippen LogP contribution >= 0.6 is 0 Å². The Hall–Kier alpha value is -2.78. The van der Waals surface area contributed by atoms with Crippen molar-refractivity contribution >= 4 is 16.9 Å². The van der Waals surface area contributed by atoms with Gasteiger partial charge in [0, 0.05) is 25.5 Å². The van der Waals surface area contributed by atoms with Crippen LogP contribution in [0.1, 0.15) is 41.9 Å². The lowest BCUT2D eigenvalue weighted by Gasteiger charge is -2.29. The summed E-state index contributed by atoms with van der Waals surface area (Å²) < 4.78 is 12.6. The number of hydrogen-bond donors (Lipinski definition) is 2. The van der Waals surface area contributed by atoms with Crippen LogP contribution in [-0.2, 0) is 9.47 Å². The summed E-state index contributed by atoms with van der Waals surface area (Å²) in [4.78, 5) is 29.4. The number of aromatic amines is 1. The number of H-pyrrole nitrogens is 1. The number of fused-ring (bicyclic) bond motifs is 1. The van der Waals surface area contributed by atoms with E-state index in [0.717, 1.165) is 31.4 Å². The fourth-order valence-corrected chi connectivity index (χ4v) is 3.67. The Labute approximate surface area is 168 Å². The zero-order valence-electron chi connectivity index (χ0n) is 16.7. The highest BCUT2D eigenvalue weighted by Crippen LogP contribution is 2.22. The predicted molar refractivity (Wildman–Crippen MR) is 107 cm³/mol. The second-order valence-corrected chi connectivity index (χ2v) is 7.34. The van der Waals surface area contributed by atoms with Gasteiger partial charge in [-0.1, -0.05) is 0 Å². The zero-order chi connectivity index (χ0) is 20.2. The summed E-state index contributed by atoms with van der Waals surface area (Å²) in [6, 6.07) is 1.95. The van der Waals surface area contributed by atoms with Crippen LogP contribution in [0.4, 0.5) is 0 Å². The smallest absolute Gasteiger partial charge is 0.272 e. The van der Waals surface area contributed by atoms with E-state index in [1.165, 1.54) is 0 Å². The molecular formula is C20H26N6O3. The van der Waals surface area contributed by atoms with Crippen molar-refractivity contribution in [2.45, 2.75) is 44.8 Å². The first-order valence-corrected chi connectivity index (χ1v) is 9.91. The summed E-state index contributed by atoms with van der Waals surface area (Å²) in [6.07, 6.45) is 9.11. The third kappa shape index (κ3) is 4.46. The molecule has 154 valence electrons. The number of nitrogens with zero attached hydrogens (tertiary/aromatic N) is 4. The van der Waals surface area contributed by atoms with Gasteiger partial charge in [0.05, 0.1) is 36.0 Å². The van der Waals surface area contributed by atoms with Gasteiger partial charge in [-0.2, -0.15) is 0 Å². The molecule has 9 heteroatoms. The first kappa shape index (κ1) is 19.5. The SMILES string of the molecule is COCCOC1CCC(NC(=O)c2nc(-n3cnc(C)c3)nc3cc[nH]c23)CC1. The number of nitrogens with one attached hydrogen (secondary N) is 2. The quantitative estimate of drug-likeness (QED) is 0.591. The second-order valence-electron chi connectivity index (χ2n) is 7.34. The molecule has 0 saturated heterocycles. The Balaban J connectivity index is 1.46. The van der Waals surface area contributed by atoms with Gasteiger partial charge in [0.1, 0.15) is 6.33 Å². The average molecular weight is 398 g/mol. The number of aromatic nitrogens is 5. The minimum atomic E-state index is -0.193. The minimum absolute atomic E-state index is 0.115. The van der Waals surface area contributed by atoms with Gasteiger partial charge in [-0.3, -0.25) is 9.36 Å². The maximum atomic E-state index is 13.0. The summed E-state index contributed by atoms with van der Waals surface area (Å²) in [6.45, 7) is 3.12. The van der Waals surface area contributed by atoms with Crippen LogP contribution in [0.3, 0.4) is 0 Å². The Bertz CT molecular complexity index is 974. The molecule has 1 aliphatic carbocycles. The molecule has 9 nitrogen and oxygen atoms in total. The van der Waals surface area contributed by atoms with E-state index in [2.05, 4.69) is 25.3 Å². The van der Waals surface area contributed by atoms with E-state index in [-0.39, 0.29) is 18.1 Å². The number of amides is 1. The van der Waals surface area contributed by atoms with Gasteiger partial charge < -0.3 is 19.8 Å². The van der Waals surface area contributed by atoms with Crippen LogP contribution in [-0.4, -0.2) is 62.9 Å². The molecule has 0 aliphatic heterocycles. The molecule has 2 N–H and O–H groups in total. The first-order valence-electron chi connectivity index (χ1n) is 9.91. The third-order valence-corrected chi connectivity index (χ3v) is 5.20. The number of rotatable bonds is 7. The molecule has 29 heavy (non-hydrogen) atoms. The summed E-state index contributed by atoms with van der Waals surface area (Å²) in [5, 5.41) is 3.13. The number of carbonyl (C=O) groups is 1. The topological polar surface area (TPSA) is 107 Å². The Kier molecular flexibility index (Phi) is 5.86. The van der Waals surface area contributed by atoms with Crippen LogP contribution in [0.5, 0.6) is 0 Å². The summed E-state index contributed by atoms with van der Waals surface area (Å²) in [7, 11) is 1.67. The van der Waals surface area contributed by atoms with Gasteiger partial charge in [0.25, 0.3) is 5.91 Å². The summed E-state index contributed by atoms with van der Waals surface area (Å²) in [5.74, 6) is 0.236. The molecule has 3 aromatic rings. The molecule has 0 radical (unpaired) electrons. The molecule has 0 unspecified atom stereocenters. The van der Waals surface area contributed by atoms with Crippen molar-refractivity contribution in [2.75, 3.05) is 20.3 Å². The lowest BCUT2D eigenvalue weighted by Crippen LogP contribution is -2.39. The van der Waals surface area contributed by atoms with Gasteiger partial charge in [0.2, 0.25) is 5.95 Å². The van der Waals surface area contributed by atoms with Gasteiger partial charge in [-0.15, -0.1) is 0 Å². The molecule has 0 spiro atoms. The van der Waals surface area contributed by atoms with Crippen molar-refractivity contribution < 1.29 is 14.3 Å². The van der Waals surface area contributed by atoms with E-state index in [0.29, 0.717) is 35.9 Å². The summed E-state index contributed by atoms with van der Waals surface area (Å²) >= 11 is 0. The van der Waals surface area contributed by atoms with Gasteiger partial charge in [0.15, 0.2) is 5.69 Å². The van der Waals surface area contributed by atoms with Crippen LogP contribution < -0.4 is 5.32 Å². The Morgan fingerprint density at radius 2 is 2.10 bits per heavy atom. The highest BCUT2D eigenvalue weighted by atomic mass is 16.5. The van der Waals surface area contributed by atoms with Crippen molar-refractivity contribution in [2.24, 2.45) is 0 Å². The van der Waals surface area contributed by atoms with Gasteiger partial charge in [-0.25, -0.2) is 15.0 Å². The molecular weight excluding hydrogens is 372 g/mol. The van der Waals surface area contributed by atoms with Crippen molar-refractivity contribution in [1.82, 2.24) is 29.8 Å². The largest absolute Gasteiger partial charge is 0.382 e. The second kappa shape index (κ2) is 8.71. The fourth-order valence-electron chi connectivity index (χ4n) is 3.67. The van der Waals surface area contributed by atoms with Crippen LogP contribution in [0.15, 0.2) is 24.8 Å². The number of imidazole rings is 1. The van der Waals surface area contributed by atoms with Gasteiger partial charge >= 0.3 is 0 Å². The van der Waals surface area contributed by atoms with E-state index in [1.807, 2.05) is 19.2 Å². The lowest BCUT2D eigenvalue weighted by molar-refractivity contribution is -0.00409. The molecule has 1 fully saturated rings. The van der Waals surface area contributed by atoms with Crippen molar-refractivity contribution in [1.29, 1.82) is 0 Å². The van der Waals surface area contributed by atoms with E-state index in [4.69, 9.17) is 9.47 Å². The average Bonchev–Trinajstić information content (AvgIpc) is 3.37. The minimum Gasteiger partial charge on any atom is -0.382 e. The normalized spacial score (nSPS) is 19.5. The third-order valence-electron chi connectivity index (χ3n) is 5.20. The fraction of sp³-hybridized carbons (Fsp3) is 0.500. The number of hydrogen-bond acceptors (Lipinski definition) is 6. The lowest BCUT2D eigenvalue weighted by atomic mass is 9.93.